The van der Waals surface area contributed by atoms with Crippen LogP contribution < -0.4 is 4.74 Å². The lowest BCUT2D eigenvalue weighted by Gasteiger charge is -2.04. The molecule has 0 saturated heterocycles. The van der Waals surface area contributed by atoms with Crippen LogP contribution in [0.5, 0.6) is 5.88 Å². The van der Waals surface area contributed by atoms with Crippen LogP contribution in [-0.2, 0) is 0 Å². The first kappa shape index (κ1) is 9.36. The average molecular weight is 197 g/mol. The molecule has 0 radical (unpaired) electrons. The lowest BCUT2D eigenvalue weighted by molar-refractivity contribution is -0.276. The van der Waals surface area contributed by atoms with Gasteiger partial charge in [-0.2, -0.15) is 0 Å². The van der Waals surface area contributed by atoms with Gasteiger partial charge in [-0.25, -0.2) is 4.79 Å². The number of aromatic carboxylic acids is 1. The van der Waals surface area contributed by atoms with E-state index in [9.17, 15) is 18.0 Å². The average Bonchev–Trinajstić information content (AvgIpc) is 2.31. The summed E-state index contributed by atoms with van der Waals surface area (Å²) in [5.41, 5.74) is -0.780. The highest BCUT2D eigenvalue weighted by Gasteiger charge is 2.34. The van der Waals surface area contributed by atoms with E-state index in [1.165, 1.54) is 0 Å². The highest BCUT2D eigenvalue weighted by molar-refractivity contribution is 5.89. The summed E-state index contributed by atoms with van der Waals surface area (Å²) in [5.74, 6) is -2.72. The molecule has 1 rings (SSSR count). The summed E-state index contributed by atoms with van der Waals surface area (Å²) in [4.78, 5) is 10.2. The standard InChI is InChI=1S/C5H2F3NO4/c6-5(7,8)13-3-2(4(10)11)1-12-9-3/h1H,(H,10,11). The number of carboxylic acid groups (broad SMARTS) is 1. The van der Waals surface area contributed by atoms with Gasteiger partial charge in [0, 0.05) is 0 Å². The third kappa shape index (κ3) is 2.36. The first-order valence-electron chi connectivity index (χ1n) is 2.83. The van der Waals surface area contributed by atoms with Crippen LogP contribution in [0.4, 0.5) is 13.2 Å². The largest absolute Gasteiger partial charge is 0.574 e. The predicted molar refractivity (Wildman–Crippen MR) is 30.1 cm³/mol. The Hall–Kier alpha value is -1.73. The Labute approximate surface area is 68.7 Å². The minimum absolute atomic E-state index is 0.545. The Morgan fingerprint density at radius 3 is 2.69 bits per heavy atom. The minimum atomic E-state index is -4.99. The maximum atomic E-state index is 11.6. The molecule has 1 N–H and O–H groups in total. The van der Waals surface area contributed by atoms with E-state index >= 15 is 0 Å². The van der Waals surface area contributed by atoms with Gasteiger partial charge in [0.1, 0.15) is 6.26 Å². The van der Waals surface area contributed by atoms with E-state index in [2.05, 4.69) is 14.4 Å². The number of carbonyl (C=O) groups is 1. The first-order valence-corrected chi connectivity index (χ1v) is 2.83. The summed E-state index contributed by atoms with van der Waals surface area (Å²) in [5, 5.41) is 11.0. The highest BCUT2D eigenvalue weighted by atomic mass is 19.4. The summed E-state index contributed by atoms with van der Waals surface area (Å²) >= 11 is 0. The summed E-state index contributed by atoms with van der Waals surface area (Å²) < 4.78 is 41.9. The van der Waals surface area contributed by atoms with Crippen molar-refractivity contribution in [2.24, 2.45) is 0 Å². The molecule has 1 heterocycles. The van der Waals surface area contributed by atoms with E-state index in [0.717, 1.165) is 0 Å². The van der Waals surface area contributed by atoms with E-state index in [0.29, 0.717) is 6.26 Å². The number of rotatable bonds is 2. The normalized spacial score (nSPS) is 11.3. The molecule has 5 nitrogen and oxygen atoms in total. The highest BCUT2D eigenvalue weighted by Crippen LogP contribution is 2.24. The molecule has 0 aromatic carbocycles. The van der Waals surface area contributed by atoms with E-state index in [1.54, 1.807) is 0 Å². The zero-order chi connectivity index (χ0) is 10.1. The Morgan fingerprint density at radius 2 is 2.23 bits per heavy atom. The molecule has 72 valence electrons. The van der Waals surface area contributed by atoms with E-state index < -0.39 is 23.8 Å². The van der Waals surface area contributed by atoms with Crippen LogP contribution >= 0.6 is 0 Å². The van der Waals surface area contributed by atoms with Gasteiger partial charge in [0.05, 0.1) is 0 Å². The molecule has 0 atom stereocenters. The van der Waals surface area contributed by atoms with E-state index in [1.807, 2.05) is 0 Å². The van der Waals surface area contributed by atoms with Crippen molar-refractivity contribution in [2.75, 3.05) is 0 Å². The molecule has 0 fully saturated rings. The SMILES string of the molecule is O=C(O)c1conc1OC(F)(F)F. The maximum absolute atomic E-state index is 11.6. The Kier molecular flexibility index (Phi) is 2.13. The number of hydrogen-bond donors (Lipinski definition) is 1. The van der Waals surface area contributed by atoms with Gasteiger partial charge in [-0.3, -0.25) is 0 Å². The van der Waals surface area contributed by atoms with Gasteiger partial charge in [0.25, 0.3) is 5.88 Å². The quantitative estimate of drug-likeness (QED) is 0.772. The van der Waals surface area contributed by atoms with Crippen LogP contribution in [0.1, 0.15) is 10.4 Å². The number of carboxylic acids is 1. The second-order valence-corrected chi connectivity index (χ2v) is 1.89. The number of hydrogen-bond acceptors (Lipinski definition) is 4. The fraction of sp³-hybridized carbons (Fsp3) is 0.200. The minimum Gasteiger partial charge on any atom is -0.477 e. The van der Waals surface area contributed by atoms with E-state index in [4.69, 9.17) is 5.11 Å². The lowest BCUT2D eigenvalue weighted by Crippen LogP contribution is -2.18. The third-order valence-corrected chi connectivity index (χ3v) is 0.979. The molecule has 0 amide bonds. The van der Waals surface area contributed by atoms with Gasteiger partial charge in [-0.15, -0.1) is 13.2 Å². The third-order valence-electron chi connectivity index (χ3n) is 0.979. The number of nitrogens with zero attached hydrogens (tertiary/aromatic N) is 1. The molecule has 1 aromatic rings. The molecule has 0 saturated carbocycles. The Bertz CT molecular complexity index is 318. The first-order chi connectivity index (χ1) is 5.90. The molecule has 0 spiro atoms. The van der Waals surface area contributed by atoms with Gasteiger partial charge in [-0.1, -0.05) is 0 Å². The van der Waals surface area contributed by atoms with Crippen LogP contribution in [0.15, 0.2) is 10.8 Å². The molecule has 0 aliphatic rings. The monoisotopic (exact) mass is 197 g/mol. The molecule has 1 aromatic heterocycles. The van der Waals surface area contributed by atoms with Crippen molar-refractivity contribution in [2.45, 2.75) is 6.36 Å². The molecule has 0 aliphatic heterocycles. The molecule has 0 unspecified atom stereocenters. The van der Waals surface area contributed by atoms with Crippen LogP contribution in [0.25, 0.3) is 0 Å². The van der Waals surface area contributed by atoms with Crippen molar-refractivity contribution in [1.82, 2.24) is 5.16 Å². The summed E-state index contributed by atoms with van der Waals surface area (Å²) in [6.07, 6.45) is -4.44. The van der Waals surface area contributed by atoms with Gasteiger partial charge in [-0.05, 0) is 5.16 Å². The maximum Gasteiger partial charge on any atom is 0.574 e. The van der Waals surface area contributed by atoms with Gasteiger partial charge < -0.3 is 14.4 Å². The number of aromatic nitrogens is 1. The number of halogens is 3. The predicted octanol–water partition coefficient (Wildman–Crippen LogP) is 1.27. The van der Waals surface area contributed by atoms with Gasteiger partial charge in [0.15, 0.2) is 5.56 Å². The van der Waals surface area contributed by atoms with Crippen LogP contribution in [0.2, 0.25) is 0 Å². The lowest BCUT2D eigenvalue weighted by atomic mass is 10.4. The van der Waals surface area contributed by atoms with Crippen LogP contribution in [-0.4, -0.2) is 22.6 Å². The zero-order valence-electron chi connectivity index (χ0n) is 5.83. The Balaban J connectivity index is 2.89. The van der Waals surface area contributed by atoms with Crippen molar-refractivity contribution < 1.29 is 32.3 Å². The molecule has 13 heavy (non-hydrogen) atoms. The Morgan fingerprint density at radius 1 is 1.62 bits per heavy atom. The fourth-order valence-electron chi connectivity index (χ4n) is 0.552. The molecular formula is C5H2F3NO4. The summed E-state index contributed by atoms with van der Waals surface area (Å²) in [6, 6.07) is 0. The van der Waals surface area contributed by atoms with Crippen molar-refractivity contribution in [1.29, 1.82) is 0 Å². The van der Waals surface area contributed by atoms with Crippen molar-refractivity contribution in [3.8, 4) is 5.88 Å². The molecular weight excluding hydrogens is 195 g/mol. The summed E-state index contributed by atoms with van der Waals surface area (Å²) in [7, 11) is 0. The fourth-order valence-corrected chi connectivity index (χ4v) is 0.552. The smallest absolute Gasteiger partial charge is 0.477 e. The van der Waals surface area contributed by atoms with Gasteiger partial charge in [0.2, 0.25) is 0 Å². The van der Waals surface area contributed by atoms with Crippen molar-refractivity contribution in [3.05, 3.63) is 11.8 Å². The van der Waals surface area contributed by atoms with E-state index in [-0.39, 0.29) is 0 Å². The van der Waals surface area contributed by atoms with Crippen molar-refractivity contribution in [3.63, 3.8) is 0 Å². The van der Waals surface area contributed by atoms with Gasteiger partial charge >= 0.3 is 12.3 Å². The molecule has 0 aliphatic carbocycles. The second kappa shape index (κ2) is 2.96. The topological polar surface area (TPSA) is 72.6 Å². The molecule has 0 bridgehead atoms. The van der Waals surface area contributed by atoms with Crippen LogP contribution in [0, 0.1) is 0 Å². The number of alkyl halides is 3. The second-order valence-electron chi connectivity index (χ2n) is 1.89. The zero-order valence-corrected chi connectivity index (χ0v) is 5.83. The van der Waals surface area contributed by atoms with Crippen molar-refractivity contribution >= 4 is 5.97 Å². The molecule has 8 heteroatoms. The van der Waals surface area contributed by atoms with Crippen LogP contribution in [0.3, 0.4) is 0 Å². The summed E-state index contributed by atoms with van der Waals surface area (Å²) in [6.45, 7) is 0. The number of ether oxygens (including phenoxy) is 1.